The summed E-state index contributed by atoms with van der Waals surface area (Å²) in [5, 5.41) is 0. The number of esters is 1. The maximum Gasteiger partial charge on any atom is 0.305 e. The first-order chi connectivity index (χ1) is 8.62. The molecule has 6 nitrogen and oxygen atoms in total. The molecular weight excluding hydrogens is 240 g/mol. The Morgan fingerprint density at radius 3 is 2.61 bits per heavy atom. The molecule has 106 valence electrons. The summed E-state index contributed by atoms with van der Waals surface area (Å²) in [5.74, 6) is -0.899. The van der Waals surface area contributed by atoms with Gasteiger partial charge in [-0.15, -0.1) is 0 Å². The molecule has 0 spiro atoms. The van der Waals surface area contributed by atoms with Gasteiger partial charge in [-0.2, -0.15) is 0 Å². The van der Waals surface area contributed by atoms with Crippen LogP contribution in [0.25, 0.3) is 0 Å². The summed E-state index contributed by atoms with van der Waals surface area (Å²) in [6, 6.07) is 0. The molecular formula is C12H22O6. The van der Waals surface area contributed by atoms with Crippen molar-refractivity contribution in [2.75, 3.05) is 34.4 Å². The number of rotatable bonds is 8. The van der Waals surface area contributed by atoms with Crippen molar-refractivity contribution < 1.29 is 28.5 Å². The van der Waals surface area contributed by atoms with Crippen LogP contribution in [0.15, 0.2) is 0 Å². The Bertz CT molecular complexity index is 257. The van der Waals surface area contributed by atoms with E-state index in [0.717, 1.165) is 6.42 Å². The van der Waals surface area contributed by atoms with Gasteiger partial charge in [0.05, 0.1) is 6.61 Å². The zero-order valence-corrected chi connectivity index (χ0v) is 11.3. The standard InChI is InChI=1S/C12H22O6/c1-10(13)18-12(17-9-15-3)5-4-11(6-12)7-16-8-14-2/h11H,4-9H2,1-3H3. The number of hydrogen-bond acceptors (Lipinski definition) is 6. The molecule has 0 bridgehead atoms. The fourth-order valence-electron chi connectivity index (χ4n) is 2.19. The van der Waals surface area contributed by atoms with Gasteiger partial charge < -0.3 is 23.7 Å². The third-order valence-corrected chi connectivity index (χ3v) is 2.86. The quantitative estimate of drug-likeness (QED) is 0.373. The van der Waals surface area contributed by atoms with Crippen LogP contribution in [0.3, 0.4) is 0 Å². The van der Waals surface area contributed by atoms with Gasteiger partial charge in [0, 0.05) is 34.0 Å². The second-order valence-corrected chi connectivity index (χ2v) is 4.44. The lowest BCUT2D eigenvalue weighted by atomic mass is 10.1. The molecule has 0 radical (unpaired) electrons. The summed E-state index contributed by atoms with van der Waals surface area (Å²) in [7, 11) is 3.12. The van der Waals surface area contributed by atoms with Crippen LogP contribution >= 0.6 is 0 Å². The van der Waals surface area contributed by atoms with Gasteiger partial charge in [-0.1, -0.05) is 0 Å². The Morgan fingerprint density at radius 2 is 2.00 bits per heavy atom. The summed E-state index contributed by atoms with van der Waals surface area (Å²) in [6.45, 7) is 2.34. The summed E-state index contributed by atoms with van der Waals surface area (Å²) < 4.78 is 25.9. The molecule has 2 unspecified atom stereocenters. The Labute approximate surface area is 107 Å². The highest BCUT2D eigenvalue weighted by Crippen LogP contribution is 2.38. The summed E-state index contributed by atoms with van der Waals surface area (Å²) in [4.78, 5) is 11.1. The van der Waals surface area contributed by atoms with E-state index < -0.39 is 5.79 Å². The Balaban J connectivity index is 2.45. The van der Waals surface area contributed by atoms with Gasteiger partial charge in [0.2, 0.25) is 5.79 Å². The van der Waals surface area contributed by atoms with Crippen molar-refractivity contribution >= 4 is 5.97 Å². The molecule has 0 aromatic heterocycles. The lowest BCUT2D eigenvalue weighted by Crippen LogP contribution is -2.36. The van der Waals surface area contributed by atoms with E-state index in [9.17, 15) is 4.79 Å². The van der Waals surface area contributed by atoms with Gasteiger partial charge in [0.1, 0.15) is 6.79 Å². The molecule has 1 saturated carbocycles. The van der Waals surface area contributed by atoms with Gasteiger partial charge in [0.15, 0.2) is 6.79 Å². The summed E-state index contributed by atoms with van der Waals surface area (Å²) in [5.41, 5.74) is 0. The molecule has 0 amide bonds. The Kier molecular flexibility index (Phi) is 6.56. The zero-order chi connectivity index (χ0) is 13.4. The van der Waals surface area contributed by atoms with Crippen molar-refractivity contribution in [2.24, 2.45) is 5.92 Å². The predicted octanol–water partition coefficient (Wildman–Crippen LogP) is 1.29. The SMILES string of the molecule is COCOCC1CCC(OCOC)(OC(C)=O)C1. The van der Waals surface area contributed by atoms with Gasteiger partial charge in [-0.05, 0) is 12.3 Å². The second kappa shape index (κ2) is 7.68. The van der Waals surface area contributed by atoms with E-state index in [1.807, 2.05) is 0 Å². The maximum atomic E-state index is 11.1. The van der Waals surface area contributed by atoms with Crippen LogP contribution in [0.4, 0.5) is 0 Å². The van der Waals surface area contributed by atoms with E-state index in [2.05, 4.69) is 0 Å². The van der Waals surface area contributed by atoms with Crippen molar-refractivity contribution in [3.05, 3.63) is 0 Å². The van der Waals surface area contributed by atoms with Crippen LogP contribution in [0.2, 0.25) is 0 Å². The molecule has 0 aliphatic heterocycles. The Morgan fingerprint density at radius 1 is 1.28 bits per heavy atom. The molecule has 1 fully saturated rings. The molecule has 0 N–H and O–H groups in total. The van der Waals surface area contributed by atoms with Crippen molar-refractivity contribution in [3.8, 4) is 0 Å². The van der Waals surface area contributed by atoms with Crippen LogP contribution < -0.4 is 0 Å². The number of carbonyl (C=O) groups excluding carboxylic acids is 1. The molecule has 2 atom stereocenters. The molecule has 6 heteroatoms. The molecule has 1 aliphatic rings. The molecule has 0 aromatic rings. The number of carbonyl (C=O) groups is 1. The number of methoxy groups -OCH3 is 2. The number of ether oxygens (including phenoxy) is 5. The summed E-state index contributed by atoms with van der Waals surface area (Å²) >= 11 is 0. The molecule has 1 rings (SSSR count). The van der Waals surface area contributed by atoms with E-state index in [1.165, 1.54) is 14.0 Å². The minimum absolute atomic E-state index is 0.110. The van der Waals surface area contributed by atoms with Crippen molar-refractivity contribution in [2.45, 2.75) is 32.0 Å². The van der Waals surface area contributed by atoms with Crippen LogP contribution in [-0.2, 0) is 28.5 Å². The van der Waals surface area contributed by atoms with Crippen molar-refractivity contribution in [3.63, 3.8) is 0 Å². The smallest absolute Gasteiger partial charge is 0.305 e. The molecule has 0 saturated heterocycles. The third kappa shape index (κ3) is 4.89. The highest BCUT2D eigenvalue weighted by molar-refractivity contribution is 5.66. The van der Waals surface area contributed by atoms with E-state index in [-0.39, 0.29) is 19.6 Å². The van der Waals surface area contributed by atoms with E-state index in [1.54, 1.807) is 7.11 Å². The average molecular weight is 262 g/mol. The van der Waals surface area contributed by atoms with Gasteiger partial charge in [-0.3, -0.25) is 4.79 Å². The van der Waals surface area contributed by atoms with E-state index in [0.29, 0.717) is 25.4 Å². The molecule has 0 aromatic carbocycles. The van der Waals surface area contributed by atoms with Gasteiger partial charge in [0.25, 0.3) is 0 Å². The minimum Gasteiger partial charge on any atom is -0.433 e. The minimum atomic E-state index is -0.858. The van der Waals surface area contributed by atoms with Crippen LogP contribution in [0.1, 0.15) is 26.2 Å². The monoisotopic (exact) mass is 262 g/mol. The molecule has 18 heavy (non-hydrogen) atoms. The number of hydrogen-bond donors (Lipinski definition) is 0. The first-order valence-corrected chi connectivity index (χ1v) is 6.01. The first-order valence-electron chi connectivity index (χ1n) is 6.01. The van der Waals surface area contributed by atoms with Gasteiger partial charge in [-0.25, -0.2) is 0 Å². The Hall–Kier alpha value is -0.690. The molecule has 0 heterocycles. The van der Waals surface area contributed by atoms with Crippen molar-refractivity contribution in [1.82, 2.24) is 0 Å². The second-order valence-electron chi connectivity index (χ2n) is 4.44. The zero-order valence-electron chi connectivity index (χ0n) is 11.3. The highest BCUT2D eigenvalue weighted by atomic mass is 16.8. The average Bonchev–Trinajstić information content (AvgIpc) is 2.70. The largest absolute Gasteiger partial charge is 0.433 e. The van der Waals surface area contributed by atoms with Crippen LogP contribution in [0.5, 0.6) is 0 Å². The normalized spacial score (nSPS) is 27.4. The highest BCUT2D eigenvalue weighted by Gasteiger charge is 2.43. The lowest BCUT2D eigenvalue weighted by molar-refractivity contribution is -0.255. The fourth-order valence-corrected chi connectivity index (χ4v) is 2.19. The molecule has 1 aliphatic carbocycles. The fraction of sp³-hybridized carbons (Fsp3) is 0.917. The predicted molar refractivity (Wildman–Crippen MR) is 62.6 cm³/mol. The van der Waals surface area contributed by atoms with E-state index in [4.69, 9.17) is 23.7 Å². The third-order valence-electron chi connectivity index (χ3n) is 2.86. The van der Waals surface area contributed by atoms with Gasteiger partial charge >= 0.3 is 5.97 Å². The van der Waals surface area contributed by atoms with Crippen molar-refractivity contribution in [1.29, 1.82) is 0 Å². The first kappa shape index (κ1) is 15.4. The van der Waals surface area contributed by atoms with Crippen LogP contribution in [0, 0.1) is 5.92 Å². The van der Waals surface area contributed by atoms with E-state index >= 15 is 0 Å². The topological polar surface area (TPSA) is 63.2 Å². The van der Waals surface area contributed by atoms with Crippen LogP contribution in [-0.4, -0.2) is 46.2 Å². The summed E-state index contributed by atoms with van der Waals surface area (Å²) in [6.07, 6.45) is 2.18. The lowest BCUT2D eigenvalue weighted by Gasteiger charge is -2.28. The maximum absolute atomic E-state index is 11.1.